The third-order valence-corrected chi connectivity index (χ3v) is 7.27. The molecule has 1 saturated heterocycles. The fraction of sp³-hybridized carbons (Fsp3) is 0.360. The number of alkyl halides is 3. The number of aromatic nitrogens is 2. The van der Waals surface area contributed by atoms with Crippen molar-refractivity contribution in [2.24, 2.45) is 0 Å². The molecular formula is C25H23F3N4O3S. The van der Waals surface area contributed by atoms with E-state index >= 15 is 0 Å². The first-order chi connectivity index (χ1) is 17.1. The summed E-state index contributed by atoms with van der Waals surface area (Å²) in [5.74, 6) is 0.115. The first kappa shape index (κ1) is 24.4. The number of rotatable bonds is 4. The van der Waals surface area contributed by atoms with Gasteiger partial charge < -0.3 is 15.3 Å². The van der Waals surface area contributed by atoms with Gasteiger partial charge in [-0.25, -0.2) is 4.98 Å². The van der Waals surface area contributed by atoms with Crippen LogP contribution in [0.1, 0.15) is 42.9 Å². The zero-order valence-electron chi connectivity index (χ0n) is 19.1. The number of para-hydroxylation sites is 1. The molecule has 188 valence electrons. The predicted molar refractivity (Wildman–Crippen MR) is 129 cm³/mol. The van der Waals surface area contributed by atoms with Crippen molar-refractivity contribution < 1.29 is 27.9 Å². The van der Waals surface area contributed by atoms with E-state index in [4.69, 9.17) is 12.2 Å². The Morgan fingerprint density at radius 1 is 1.17 bits per heavy atom. The highest BCUT2D eigenvalue weighted by molar-refractivity contribution is 7.71. The second kappa shape index (κ2) is 8.97. The van der Waals surface area contributed by atoms with Crippen LogP contribution in [0.15, 0.2) is 48.5 Å². The molecular weight excluding hydrogens is 493 g/mol. The number of nitrogens with zero attached hydrogens (tertiary/aromatic N) is 3. The number of halogens is 3. The fourth-order valence-electron chi connectivity index (χ4n) is 4.97. The molecule has 2 aliphatic rings. The van der Waals surface area contributed by atoms with Gasteiger partial charge in [-0.1, -0.05) is 24.3 Å². The average Bonchev–Trinajstić information content (AvgIpc) is 3.19. The molecule has 5 rings (SSSR count). The summed E-state index contributed by atoms with van der Waals surface area (Å²) in [6.07, 6.45) is -3.96. The number of fused-ring (bicyclic) bond motifs is 3. The second-order valence-electron chi connectivity index (χ2n) is 9.16. The van der Waals surface area contributed by atoms with E-state index in [-0.39, 0.29) is 60.9 Å². The van der Waals surface area contributed by atoms with Gasteiger partial charge in [-0.2, -0.15) is 13.2 Å². The van der Waals surface area contributed by atoms with Crippen molar-refractivity contribution in [3.05, 3.63) is 64.4 Å². The molecule has 1 unspecified atom stereocenters. The number of benzene rings is 2. The van der Waals surface area contributed by atoms with Crippen LogP contribution in [-0.2, 0) is 21.4 Å². The molecule has 3 heterocycles. The summed E-state index contributed by atoms with van der Waals surface area (Å²) >= 11 is 5.41. The van der Waals surface area contributed by atoms with Crippen molar-refractivity contribution in [2.75, 3.05) is 18.4 Å². The normalized spacial score (nSPS) is 19.3. The van der Waals surface area contributed by atoms with Crippen LogP contribution >= 0.6 is 12.2 Å². The van der Waals surface area contributed by atoms with Crippen molar-refractivity contribution in [2.45, 2.75) is 43.5 Å². The van der Waals surface area contributed by atoms with Gasteiger partial charge in [0.25, 0.3) is 0 Å². The maximum atomic E-state index is 13.1. The molecule has 1 aromatic heterocycles. The van der Waals surface area contributed by atoms with Crippen molar-refractivity contribution in [1.82, 2.24) is 14.5 Å². The maximum absolute atomic E-state index is 13.1. The minimum atomic E-state index is -4.50. The number of hydrogen-bond acceptors (Lipinski definition) is 5. The second-order valence-corrected chi connectivity index (χ2v) is 9.53. The molecule has 0 radical (unpaired) electrons. The van der Waals surface area contributed by atoms with Gasteiger partial charge in [0.1, 0.15) is 11.9 Å². The summed E-state index contributed by atoms with van der Waals surface area (Å²) in [4.78, 5) is 31.6. The van der Waals surface area contributed by atoms with Gasteiger partial charge in [0.15, 0.2) is 0 Å². The standard InChI is InChI=1S/C25H23F3N4O3S/c26-25(27,28)16-5-3-4-15(14-16)24(35)10-12-31(13-11-24)20(33)9-8-19-22(34)30-21-17-6-1-2-7-18(17)29-23(36)32(19)21/h1-7,14,19,35H,8-13H2,(H,30,34). The molecule has 2 aliphatic heterocycles. The van der Waals surface area contributed by atoms with Gasteiger partial charge in [0, 0.05) is 24.9 Å². The summed E-state index contributed by atoms with van der Waals surface area (Å²) in [5.41, 5.74) is -1.39. The van der Waals surface area contributed by atoms with E-state index in [9.17, 15) is 27.9 Å². The van der Waals surface area contributed by atoms with E-state index in [0.29, 0.717) is 11.3 Å². The molecule has 1 atom stereocenters. The van der Waals surface area contributed by atoms with Crippen LogP contribution in [0.3, 0.4) is 0 Å². The minimum absolute atomic E-state index is 0.0775. The summed E-state index contributed by atoms with van der Waals surface area (Å²) in [6.45, 7) is 0.398. The van der Waals surface area contributed by atoms with Crippen LogP contribution in [0.2, 0.25) is 0 Å². The molecule has 0 bridgehead atoms. The Hall–Kier alpha value is -3.31. The fourth-order valence-corrected chi connectivity index (χ4v) is 5.28. The molecule has 1 fully saturated rings. The zero-order chi connectivity index (χ0) is 25.7. The number of anilines is 1. The maximum Gasteiger partial charge on any atom is 0.416 e. The van der Waals surface area contributed by atoms with E-state index in [1.165, 1.54) is 12.1 Å². The largest absolute Gasteiger partial charge is 0.416 e. The van der Waals surface area contributed by atoms with E-state index in [0.717, 1.165) is 17.5 Å². The number of piperidine rings is 1. The molecule has 36 heavy (non-hydrogen) atoms. The Bertz CT molecular complexity index is 1410. The number of carbonyl (C=O) groups excluding carboxylic acids is 2. The molecule has 11 heteroatoms. The highest BCUT2D eigenvalue weighted by atomic mass is 32.1. The first-order valence-electron chi connectivity index (χ1n) is 11.6. The smallest absolute Gasteiger partial charge is 0.385 e. The van der Waals surface area contributed by atoms with Crippen LogP contribution in [0.4, 0.5) is 19.0 Å². The topological polar surface area (TPSA) is 87.5 Å². The molecule has 2 N–H and O–H groups in total. The molecule has 0 aliphatic carbocycles. The lowest BCUT2D eigenvalue weighted by molar-refractivity contribution is -0.137. The molecule has 2 aromatic carbocycles. The van der Waals surface area contributed by atoms with E-state index in [1.807, 2.05) is 24.3 Å². The van der Waals surface area contributed by atoms with Gasteiger partial charge in [-0.05, 0) is 61.3 Å². The van der Waals surface area contributed by atoms with Crippen LogP contribution < -0.4 is 5.32 Å². The zero-order valence-corrected chi connectivity index (χ0v) is 19.9. The van der Waals surface area contributed by atoms with Gasteiger partial charge in [0.2, 0.25) is 16.6 Å². The molecule has 0 saturated carbocycles. The Morgan fingerprint density at radius 3 is 2.61 bits per heavy atom. The van der Waals surface area contributed by atoms with Crippen molar-refractivity contribution >= 4 is 40.8 Å². The molecule has 7 nitrogen and oxygen atoms in total. The Kier molecular flexibility index (Phi) is 6.08. The van der Waals surface area contributed by atoms with Gasteiger partial charge in [0.05, 0.1) is 16.7 Å². The predicted octanol–water partition coefficient (Wildman–Crippen LogP) is 4.57. The van der Waals surface area contributed by atoms with Crippen molar-refractivity contribution in [3.63, 3.8) is 0 Å². The number of aliphatic hydroxyl groups is 1. The van der Waals surface area contributed by atoms with Crippen LogP contribution in [0.25, 0.3) is 10.9 Å². The molecule has 2 amide bonds. The third-order valence-electron chi connectivity index (χ3n) is 6.98. The number of amides is 2. The van der Waals surface area contributed by atoms with Gasteiger partial charge in [-0.3, -0.25) is 14.2 Å². The Morgan fingerprint density at radius 2 is 1.89 bits per heavy atom. The summed E-state index contributed by atoms with van der Waals surface area (Å²) < 4.78 is 41.2. The lowest BCUT2D eigenvalue weighted by Crippen LogP contribution is -2.45. The van der Waals surface area contributed by atoms with Crippen LogP contribution in [0.5, 0.6) is 0 Å². The van der Waals surface area contributed by atoms with Gasteiger partial charge in [-0.15, -0.1) is 0 Å². The van der Waals surface area contributed by atoms with Crippen LogP contribution in [-0.4, -0.2) is 44.5 Å². The van der Waals surface area contributed by atoms with E-state index in [1.54, 1.807) is 9.47 Å². The van der Waals surface area contributed by atoms with Gasteiger partial charge >= 0.3 is 6.18 Å². The summed E-state index contributed by atoms with van der Waals surface area (Å²) in [7, 11) is 0. The number of carbonyl (C=O) groups is 2. The van der Waals surface area contributed by atoms with Crippen LogP contribution in [0, 0.1) is 4.77 Å². The van der Waals surface area contributed by atoms with E-state index < -0.39 is 23.4 Å². The van der Waals surface area contributed by atoms with Crippen molar-refractivity contribution in [1.29, 1.82) is 0 Å². The monoisotopic (exact) mass is 516 g/mol. The molecule has 0 spiro atoms. The first-order valence-corrected chi connectivity index (χ1v) is 12.0. The SMILES string of the molecule is O=C1Nc2c3ccccc3nc(=S)n2C1CCC(=O)N1CCC(O)(c2cccc(C(F)(F)F)c2)CC1. The lowest BCUT2D eigenvalue weighted by Gasteiger charge is -2.39. The average molecular weight is 517 g/mol. The third kappa shape index (κ3) is 4.37. The lowest BCUT2D eigenvalue weighted by atomic mass is 9.83. The highest BCUT2D eigenvalue weighted by Gasteiger charge is 2.38. The summed E-state index contributed by atoms with van der Waals surface area (Å²) in [6, 6.07) is 11.4. The summed E-state index contributed by atoms with van der Waals surface area (Å²) in [5, 5.41) is 14.6. The number of likely N-dealkylation sites (tertiary alicyclic amines) is 1. The highest BCUT2D eigenvalue weighted by Crippen LogP contribution is 2.38. The van der Waals surface area contributed by atoms with E-state index in [2.05, 4.69) is 10.3 Å². The molecule has 3 aromatic rings. The van der Waals surface area contributed by atoms with Crippen molar-refractivity contribution in [3.8, 4) is 0 Å². The Labute approximate surface area is 209 Å². The quantitative estimate of drug-likeness (QED) is 0.496. The number of hydrogen-bond donors (Lipinski definition) is 2. The Balaban J connectivity index is 1.25. The number of nitrogens with one attached hydrogen (secondary N) is 1. The minimum Gasteiger partial charge on any atom is -0.385 e.